The summed E-state index contributed by atoms with van der Waals surface area (Å²) in [5, 5.41) is 0.464. The van der Waals surface area contributed by atoms with Gasteiger partial charge in [-0.3, -0.25) is 9.59 Å². The lowest BCUT2D eigenvalue weighted by atomic mass is 9.93. The van der Waals surface area contributed by atoms with Crippen LogP contribution >= 0.6 is 0 Å². The average Bonchev–Trinajstić information content (AvgIpc) is 2.59. The highest BCUT2D eigenvalue weighted by molar-refractivity contribution is 5.82. The van der Waals surface area contributed by atoms with Crippen molar-refractivity contribution in [2.75, 3.05) is 0 Å². The number of rotatable bonds is 1. The minimum atomic E-state index is -0.369. The summed E-state index contributed by atoms with van der Waals surface area (Å²) in [5.41, 5.74) is 2.13. The summed E-state index contributed by atoms with van der Waals surface area (Å²) >= 11 is 0. The van der Waals surface area contributed by atoms with E-state index in [0.717, 1.165) is 24.6 Å². The standard InChI is InChI=1S/C15H14N2O2/c18-14-9-16-15(19)12-8-11(6-7-13(12)17-14)10-4-2-1-3-5-10/h4,6-9H,1-3,5H2,(H,17,18). The first-order valence-corrected chi connectivity index (χ1v) is 6.47. The van der Waals surface area contributed by atoms with E-state index in [2.05, 4.69) is 16.0 Å². The number of aromatic amines is 1. The number of aromatic nitrogens is 2. The Bertz CT molecular complexity index is 775. The van der Waals surface area contributed by atoms with Gasteiger partial charge >= 0.3 is 0 Å². The van der Waals surface area contributed by atoms with Crippen molar-refractivity contribution in [2.45, 2.75) is 25.7 Å². The fraction of sp³-hybridized carbons (Fsp3) is 0.267. The lowest BCUT2D eigenvalue weighted by molar-refractivity contribution is 0.742. The van der Waals surface area contributed by atoms with Crippen molar-refractivity contribution in [2.24, 2.45) is 0 Å². The van der Waals surface area contributed by atoms with Gasteiger partial charge in [-0.15, -0.1) is 0 Å². The molecule has 0 bridgehead atoms. The minimum Gasteiger partial charge on any atom is -0.320 e. The van der Waals surface area contributed by atoms with E-state index < -0.39 is 0 Å². The normalized spacial score (nSPS) is 15.3. The van der Waals surface area contributed by atoms with Crippen LogP contribution in [0.3, 0.4) is 0 Å². The van der Waals surface area contributed by atoms with Crippen LogP contribution in [0, 0.1) is 0 Å². The quantitative estimate of drug-likeness (QED) is 0.848. The van der Waals surface area contributed by atoms with Crippen molar-refractivity contribution in [1.29, 1.82) is 0 Å². The number of hydrogen-bond donors (Lipinski definition) is 1. The second-order valence-corrected chi connectivity index (χ2v) is 4.79. The first kappa shape index (κ1) is 11.8. The van der Waals surface area contributed by atoms with Gasteiger partial charge < -0.3 is 4.98 Å². The first-order chi connectivity index (χ1) is 9.24. The molecule has 4 heteroatoms. The van der Waals surface area contributed by atoms with Gasteiger partial charge in [-0.2, -0.15) is 0 Å². The molecule has 0 atom stereocenters. The molecule has 0 saturated carbocycles. The zero-order chi connectivity index (χ0) is 13.2. The van der Waals surface area contributed by atoms with Crippen molar-refractivity contribution < 1.29 is 0 Å². The van der Waals surface area contributed by atoms with Crippen LogP contribution in [-0.4, -0.2) is 9.97 Å². The Morgan fingerprint density at radius 2 is 2.05 bits per heavy atom. The highest BCUT2D eigenvalue weighted by Crippen LogP contribution is 2.27. The number of allylic oxidation sites excluding steroid dienone is 2. The first-order valence-electron chi connectivity index (χ1n) is 6.47. The van der Waals surface area contributed by atoms with E-state index in [-0.39, 0.29) is 11.1 Å². The summed E-state index contributed by atoms with van der Waals surface area (Å²) in [4.78, 5) is 29.5. The third-order valence-electron chi connectivity index (χ3n) is 3.47. The minimum absolute atomic E-state index is 0.364. The van der Waals surface area contributed by atoms with Gasteiger partial charge in [-0.05, 0) is 49.0 Å². The van der Waals surface area contributed by atoms with Gasteiger partial charge in [-0.25, -0.2) is 4.98 Å². The molecule has 0 unspecified atom stereocenters. The zero-order valence-corrected chi connectivity index (χ0v) is 10.5. The Labute approximate surface area is 109 Å². The maximum absolute atomic E-state index is 11.9. The highest BCUT2D eigenvalue weighted by atomic mass is 16.1. The summed E-state index contributed by atoms with van der Waals surface area (Å²) in [6, 6.07) is 5.57. The summed E-state index contributed by atoms with van der Waals surface area (Å²) in [5.74, 6) is 0. The van der Waals surface area contributed by atoms with E-state index in [9.17, 15) is 9.59 Å². The molecular formula is C15H14N2O2. The van der Waals surface area contributed by atoms with Crippen molar-refractivity contribution in [3.05, 3.63) is 56.7 Å². The number of nitrogens with zero attached hydrogens (tertiary/aromatic N) is 1. The van der Waals surface area contributed by atoms with Gasteiger partial charge in [0.2, 0.25) is 0 Å². The second-order valence-electron chi connectivity index (χ2n) is 4.79. The Balaban J connectivity index is 2.24. The Hall–Kier alpha value is -2.23. The smallest absolute Gasteiger partial charge is 0.279 e. The molecule has 3 rings (SSSR count). The molecule has 0 saturated heterocycles. The van der Waals surface area contributed by atoms with Crippen molar-refractivity contribution in [3.63, 3.8) is 0 Å². The lowest BCUT2D eigenvalue weighted by Crippen LogP contribution is -2.03. The Kier molecular flexibility index (Phi) is 2.99. The Morgan fingerprint density at radius 1 is 1.16 bits per heavy atom. The number of nitrogens with one attached hydrogen (secondary N) is 1. The van der Waals surface area contributed by atoms with Crippen LogP contribution in [0.15, 0.2) is 40.1 Å². The third-order valence-corrected chi connectivity index (χ3v) is 3.47. The van der Waals surface area contributed by atoms with E-state index in [1.165, 1.54) is 18.4 Å². The maximum Gasteiger partial charge on any atom is 0.279 e. The average molecular weight is 254 g/mol. The lowest BCUT2D eigenvalue weighted by Gasteiger charge is -2.12. The molecule has 1 aliphatic carbocycles. The van der Waals surface area contributed by atoms with Crippen LogP contribution in [0.2, 0.25) is 0 Å². The fourth-order valence-corrected chi connectivity index (χ4v) is 2.48. The van der Waals surface area contributed by atoms with Crippen LogP contribution in [0.25, 0.3) is 16.5 Å². The molecule has 1 heterocycles. The zero-order valence-electron chi connectivity index (χ0n) is 10.5. The van der Waals surface area contributed by atoms with Crippen molar-refractivity contribution >= 4 is 16.5 Å². The van der Waals surface area contributed by atoms with E-state index in [1.54, 1.807) is 6.07 Å². The van der Waals surface area contributed by atoms with Gasteiger partial charge in [0.15, 0.2) is 0 Å². The van der Waals surface area contributed by atoms with E-state index >= 15 is 0 Å². The van der Waals surface area contributed by atoms with Crippen molar-refractivity contribution in [1.82, 2.24) is 9.97 Å². The van der Waals surface area contributed by atoms with Crippen molar-refractivity contribution in [3.8, 4) is 0 Å². The van der Waals surface area contributed by atoms with Crippen LogP contribution < -0.4 is 11.1 Å². The number of fused-ring (bicyclic) bond motifs is 1. The van der Waals surface area contributed by atoms with E-state index in [0.29, 0.717) is 10.9 Å². The largest absolute Gasteiger partial charge is 0.320 e. The summed E-state index contributed by atoms with van der Waals surface area (Å²) in [7, 11) is 0. The van der Waals surface area contributed by atoms with Crippen LogP contribution in [0.4, 0.5) is 0 Å². The van der Waals surface area contributed by atoms with Crippen LogP contribution in [0.5, 0.6) is 0 Å². The van der Waals surface area contributed by atoms with Gasteiger partial charge in [0.1, 0.15) is 0 Å². The molecule has 0 radical (unpaired) electrons. The number of hydrogen-bond acceptors (Lipinski definition) is 3. The molecular weight excluding hydrogens is 240 g/mol. The molecule has 1 aliphatic rings. The van der Waals surface area contributed by atoms with Gasteiger partial charge in [0.25, 0.3) is 11.1 Å². The molecule has 1 aromatic carbocycles. The molecule has 4 nitrogen and oxygen atoms in total. The maximum atomic E-state index is 11.9. The second kappa shape index (κ2) is 4.80. The van der Waals surface area contributed by atoms with Gasteiger partial charge in [0.05, 0.1) is 17.1 Å². The summed E-state index contributed by atoms with van der Waals surface area (Å²) < 4.78 is 0. The third kappa shape index (κ3) is 2.34. The predicted molar refractivity (Wildman–Crippen MR) is 75.1 cm³/mol. The summed E-state index contributed by atoms with van der Waals surface area (Å²) in [6.45, 7) is 0. The van der Waals surface area contributed by atoms with E-state index in [4.69, 9.17) is 0 Å². The highest BCUT2D eigenvalue weighted by Gasteiger charge is 2.08. The predicted octanol–water partition coefficient (Wildman–Crippen LogP) is 2.24. The molecule has 1 aromatic heterocycles. The molecule has 2 aromatic rings. The SMILES string of the molecule is O=c1cnc(=O)c2cc(C3=CCCCC3)ccc2[nH]1. The Morgan fingerprint density at radius 3 is 2.84 bits per heavy atom. The van der Waals surface area contributed by atoms with Gasteiger partial charge in [-0.1, -0.05) is 12.1 Å². The van der Waals surface area contributed by atoms with E-state index in [1.807, 2.05) is 12.1 Å². The summed E-state index contributed by atoms with van der Waals surface area (Å²) in [6.07, 6.45) is 7.81. The molecule has 0 amide bonds. The molecule has 0 aliphatic heterocycles. The number of H-pyrrole nitrogens is 1. The van der Waals surface area contributed by atoms with Crippen LogP contribution in [0.1, 0.15) is 31.2 Å². The topological polar surface area (TPSA) is 62.8 Å². The molecule has 0 spiro atoms. The monoisotopic (exact) mass is 254 g/mol. The molecule has 0 fully saturated rings. The fourth-order valence-electron chi connectivity index (χ4n) is 2.48. The van der Waals surface area contributed by atoms with Crippen LogP contribution in [-0.2, 0) is 0 Å². The number of benzene rings is 1. The molecule has 96 valence electrons. The molecule has 1 N–H and O–H groups in total. The molecule has 19 heavy (non-hydrogen) atoms. The van der Waals surface area contributed by atoms with Gasteiger partial charge in [0, 0.05) is 0 Å².